The summed E-state index contributed by atoms with van der Waals surface area (Å²) in [6.07, 6.45) is 2.61. The third kappa shape index (κ3) is 4.86. The van der Waals surface area contributed by atoms with E-state index in [1.807, 2.05) is 0 Å². The van der Waals surface area contributed by atoms with E-state index in [9.17, 15) is 13.2 Å². The molecule has 1 aliphatic rings. The largest absolute Gasteiger partial charge is 0.287 e. The lowest BCUT2D eigenvalue weighted by atomic mass is 10.1. The van der Waals surface area contributed by atoms with Crippen LogP contribution in [0.2, 0.25) is 0 Å². The Labute approximate surface area is 180 Å². The Morgan fingerprint density at radius 1 is 0.893 bits per heavy atom. The van der Waals surface area contributed by atoms with Crippen molar-refractivity contribution in [2.75, 3.05) is 0 Å². The van der Waals surface area contributed by atoms with Crippen molar-refractivity contribution in [1.29, 1.82) is 0 Å². The predicted octanol–water partition coefficient (Wildman–Crippen LogP) is 4.85. The fourth-order valence-corrected chi connectivity index (χ4v) is 3.93. The Bertz CT molecular complexity index is 1130. The van der Waals surface area contributed by atoms with Crippen molar-refractivity contribution in [3.05, 3.63) is 86.9 Å². The molecular weight excluding hydrogens is 487 g/mol. The summed E-state index contributed by atoms with van der Waals surface area (Å²) in [6, 6.07) is 14.7. The first-order valence-electron chi connectivity index (χ1n) is 7.80. The summed E-state index contributed by atoms with van der Waals surface area (Å²) in [4.78, 5) is 16.0. The molecule has 0 aromatic heterocycles. The zero-order chi connectivity index (χ0) is 20.3. The number of Topliss-reactive ketones (excluding diaryl/α,β-unsaturated/α-hetero) is 1. The highest BCUT2D eigenvalue weighted by Crippen LogP contribution is 2.21. The maximum atomic E-state index is 12.7. The van der Waals surface area contributed by atoms with Crippen LogP contribution in [0.1, 0.15) is 5.56 Å². The summed E-state index contributed by atoms with van der Waals surface area (Å²) in [7, 11) is -4.03. The smallest absolute Gasteiger partial charge is 0.284 e. The van der Waals surface area contributed by atoms with Gasteiger partial charge in [-0.15, -0.1) is 4.40 Å². The number of allylic oxidation sites excluding steroid dienone is 4. The van der Waals surface area contributed by atoms with Gasteiger partial charge in [0.1, 0.15) is 0 Å². The summed E-state index contributed by atoms with van der Waals surface area (Å²) in [5.74, 6) is -0.586. The van der Waals surface area contributed by atoms with Crippen LogP contribution in [0.25, 0.3) is 0 Å². The Balaban J connectivity index is 2.14. The van der Waals surface area contributed by atoms with Crippen molar-refractivity contribution < 1.29 is 13.2 Å². The molecule has 0 aliphatic heterocycles. The highest BCUT2D eigenvalue weighted by atomic mass is 79.9. The van der Waals surface area contributed by atoms with Gasteiger partial charge >= 0.3 is 0 Å². The van der Waals surface area contributed by atoms with Gasteiger partial charge in [-0.2, -0.15) is 8.42 Å². The molecule has 0 heterocycles. The van der Waals surface area contributed by atoms with E-state index in [-0.39, 0.29) is 26.5 Å². The molecule has 0 atom stereocenters. The molecule has 0 saturated heterocycles. The number of carbonyl (C=O) groups excluding carboxylic acids is 1. The van der Waals surface area contributed by atoms with Crippen LogP contribution >= 0.6 is 39.1 Å². The van der Waals surface area contributed by atoms with Gasteiger partial charge in [0.2, 0.25) is 5.78 Å². The molecule has 0 unspecified atom stereocenters. The van der Waals surface area contributed by atoms with E-state index in [2.05, 4.69) is 25.3 Å². The van der Waals surface area contributed by atoms with Crippen LogP contribution in [0.3, 0.4) is 0 Å². The van der Waals surface area contributed by atoms with Crippen LogP contribution in [-0.4, -0.2) is 25.7 Å². The fraction of sp³-hybridized carbons (Fsp3) is 0. The summed E-state index contributed by atoms with van der Waals surface area (Å²) in [5.41, 5.74) is 0.685. The van der Waals surface area contributed by atoms with Crippen molar-refractivity contribution in [1.82, 2.24) is 0 Å². The summed E-state index contributed by atoms with van der Waals surface area (Å²) in [5, 5.41) is -0.233. The second kappa shape index (κ2) is 8.53. The molecule has 0 spiro atoms. The molecule has 5 nitrogen and oxygen atoms in total. The van der Waals surface area contributed by atoms with Crippen LogP contribution in [0.5, 0.6) is 0 Å². The number of hydrogen-bond acceptors (Lipinski definition) is 3. The number of amidine groups is 1. The number of carbonyl (C=O) groups is 1. The quantitative estimate of drug-likeness (QED) is 0.345. The third-order valence-corrected chi connectivity index (χ3v) is 5.94. The summed E-state index contributed by atoms with van der Waals surface area (Å²) >= 11 is 15.0. The molecule has 1 aliphatic carbocycles. The summed E-state index contributed by atoms with van der Waals surface area (Å²) < 4.78 is 30.1. The van der Waals surface area contributed by atoms with Gasteiger partial charge in [0.05, 0.1) is 20.7 Å². The lowest BCUT2D eigenvalue weighted by Gasteiger charge is -2.08. The number of ketones is 1. The van der Waals surface area contributed by atoms with E-state index < -0.39 is 15.8 Å². The first kappa shape index (κ1) is 20.7. The number of sulfonamides is 1. The van der Waals surface area contributed by atoms with E-state index in [1.54, 1.807) is 42.5 Å². The van der Waals surface area contributed by atoms with Crippen molar-refractivity contribution in [3.63, 3.8) is 0 Å². The van der Waals surface area contributed by atoms with Crippen molar-refractivity contribution in [3.8, 4) is 0 Å². The monoisotopic (exact) mass is 496 g/mol. The molecule has 2 aromatic rings. The minimum atomic E-state index is -4.03. The molecule has 0 radical (unpaired) electrons. The minimum Gasteiger partial charge on any atom is -0.287 e. The highest BCUT2D eigenvalue weighted by molar-refractivity contribution is 9.10. The lowest BCUT2D eigenvalue weighted by molar-refractivity contribution is -0.111. The molecule has 0 N–H and O–H groups in total. The molecule has 0 bridgehead atoms. The second-order valence-electron chi connectivity index (χ2n) is 5.56. The second-order valence-corrected chi connectivity index (χ2v) is 8.89. The number of rotatable bonds is 3. The molecule has 0 amide bonds. The molecule has 142 valence electrons. The lowest BCUT2D eigenvalue weighted by Crippen LogP contribution is -2.11. The zero-order valence-electron chi connectivity index (χ0n) is 14.0. The topological polar surface area (TPSA) is 75.9 Å². The highest BCUT2D eigenvalue weighted by Gasteiger charge is 2.19. The number of nitrogens with zero attached hydrogens (tertiary/aromatic N) is 2. The van der Waals surface area contributed by atoms with E-state index >= 15 is 0 Å². The van der Waals surface area contributed by atoms with Gasteiger partial charge in [-0.05, 0) is 36.4 Å². The van der Waals surface area contributed by atoms with Gasteiger partial charge in [-0.25, -0.2) is 4.99 Å². The standard InChI is InChI=1S/C19H11BrCl2N2O3S/c20-13-6-8-15(9-7-13)28(26,27)24-19(12-4-2-1-3-5-12)23-14-10-16(21)18(25)17(22)11-14/h1-11H/b24-19-. The van der Waals surface area contributed by atoms with Crippen LogP contribution < -0.4 is 0 Å². The van der Waals surface area contributed by atoms with Gasteiger partial charge in [0.25, 0.3) is 10.0 Å². The zero-order valence-corrected chi connectivity index (χ0v) is 17.9. The Kier molecular flexibility index (Phi) is 6.30. The summed E-state index contributed by atoms with van der Waals surface area (Å²) in [6.45, 7) is 0. The van der Waals surface area contributed by atoms with Crippen molar-refractivity contribution >= 4 is 66.5 Å². The van der Waals surface area contributed by atoms with Gasteiger partial charge < -0.3 is 0 Å². The van der Waals surface area contributed by atoms with Crippen molar-refractivity contribution in [2.45, 2.75) is 4.90 Å². The van der Waals surface area contributed by atoms with E-state index in [4.69, 9.17) is 23.2 Å². The first-order chi connectivity index (χ1) is 13.3. The average molecular weight is 498 g/mol. The van der Waals surface area contributed by atoms with Gasteiger partial charge in [0.15, 0.2) is 5.84 Å². The van der Waals surface area contributed by atoms with E-state index in [0.717, 1.165) is 4.47 Å². The molecule has 0 saturated carbocycles. The molecule has 28 heavy (non-hydrogen) atoms. The number of aliphatic imine (C=N–C) groups is 1. The van der Waals surface area contributed by atoms with Crippen LogP contribution in [0.15, 0.2) is 95.6 Å². The van der Waals surface area contributed by atoms with Crippen LogP contribution in [-0.2, 0) is 14.8 Å². The number of hydrogen-bond donors (Lipinski definition) is 0. The molecular formula is C19H11BrCl2N2O3S. The Morgan fingerprint density at radius 2 is 1.46 bits per heavy atom. The molecule has 2 aromatic carbocycles. The van der Waals surface area contributed by atoms with E-state index in [1.165, 1.54) is 24.3 Å². The molecule has 0 fully saturated rings. The van der Waals surface area contributed by atoms with Crippen LogP contribution in [0, 0.1) is 0 Å². The van der Waals surface area contributed by atoms with Gasteiger partial charge in [-0.1, -0.05) is 69.5 Å². The van der Waals surface area contributed by atoms with Crippen LogP contribution in [0.4, 0.5) is 0 Å². The van der Waals surface area contributed by atoms with E-state index in [0.29, 0.717) is 5.56 Å². The molecule has 9 heteroatoms. The maximum Gasteiger partial charge on any atom is 0.284 e. The fourth-order valence-electron chi connectivity index (χ4n) is 2.23. The SMILES string of the molecule is O=C1C(Cl)=CC(=N/C(=N\S(=O)(=O)c2ccc(Br)cc2)c2ccccc2)C=C1Cl. The van der Waals surface area contributed by atoms with Gasteiger partial charge in [0, 0.05) is 10.0 Å². The normalized spacial score (nSPS) is 15.2. The van der Waals surface area contributed by atoms with Crippen molar-refractivity contribution in [2.24, 2.45) is 9.39 Å². The Morgan fingerprint density at radius 3 is 2.04 bits per heavy atom. The third-order valence-electron chi connectivity index (χ3n) is 3.57. The average Bonchev–Trinajstić information content (AvgIpc) is 2.66. The number of halogens is 3. The number of benzene rings is 2. The Hall–Kier alpha value is -2.06. The predicted molar refractivity (Wildman–Crippen MR) is 115 cm³/mol. The first-order valence-corrected chi connectivity index (χ1v) is 10.8. The molecule has 3 rings (SSSR count). The van der Waals surface area contributed by atoms with Gasteiger partial charge in [-0.3, -0.25) is 4.79 Å². The minimum absolute atomic E-state index is 0.0188. The maximum absolute atomic E-state index is 12.7.